The van der Waals surface area contributed by atoms with Crippen molar-refractivity contribution in [2.75, 3.05) is 10.6 Å². The average Bonchev–Trinajstić information content (AvgIpc) is 2.82. The first-order valence-electron chi connectivity index (χ1n) is 12.0. The number of rotatable bonds is 5. The second kappa shape index (κ2) is 14.0. The Morgan fingerprint density at radius 2 is 1.82 bits per heavy atom. The van der Waals surface area contributed by atoms with Crippen molar-refractivity contribution >= 4 is 35.0 Å². The highest BCUT2D eigenvalue weighted by molar-refractivity contribution is 6.31. The van der Waals surface area contributed by atoms with Gasteiger partial charge in [-0.25, -0.2) is 9.18 Å². The maximum Gasteiger partial charge on any atom is 0.323 e. The molecular formula is C27H38ClFN2O3. The summed E-state index contributed by atoms with van der Waals surface area (Å²) >= 11 is 6.45. The van der Waals surface area contributed by atoms with E-state index in [2.05, 4.69) is 24.5 Å². The van der Waals surface area contributed by atoms with Crippen molar-refractivity contribution in [2.24, 2.45) is 5.41 Å². The lowest BCUT2D eigenvalue weighted by molar-refractivity contribution is -0.167. The van der Waals surface area contributed by atoms with E-state index in [0.29, 0.717) is 33.9 Å². The molecule has 2 aromatic rings. The summed E-state index contributed by atoms with van der Waals surface area (Å²) in [5.41, 5.74) is 2.10. The zero-order valence-electron chi connectivity index (χ0n) is 21.4. The van der Waals surface area contributed by atoms with Crippen molar-refractivity contribution < 1.29 is 18.7 Å². The first kappa shape index (κ1) is 29.4. The number of aryl methyl sites for hydroxylation is 1. The van der Waals surface area contributed by atoms with Crippen LogP contribution in [0.4, 0.5) is 20.6 Å². The zero-order chi connectivity index (χ0) is 25.9. The van der Waals surface area contributed by atoms with Crippen LogP contribution in [0.15, 0.2) is 36.4 Å². The average molecular weight is 493 g/mol. The topological polar surface area (TPSA) is 67.4 Å². The van der Waals surface area contributed by atoms with Gasteiger partial charge in [0, 0.05) is 33.8 Å². The quantitative estimate of drug-likeness (QED) is 0.410. The number of hydrogen-bond acceptors (Lipinski definition) is 3. The second-order valence-electron chi connectivity index (χ2n) is 8.05. The molecule has 0 aromatic heterocycles. The molecule has 1 aliphatic heterocycles. The summed E-state index contributed by atoms with van der Waals surface area (Å²) in [5.74, 6) is -0.606. The van der Waals surface area contributed by atoms with Crippen molar-refractivity contribution in [3.8, 4) is 0 Å². The Labute approximate surface area is 208 Å². The van der Waals surface area contributed by atoms with Crippen LogP contribution >= 0.6 is 11.6 Å². The molecule has 2 unspecified atom stereocenters. The Kier molecular flexibility index (Phi) is 12.1. The fourth-order valence-electron chi connectivity index (χ4n) is 3.99. The van der Waals surface area contributed by atoms with Crippen LogP contribution in [0.25, 0.3) is 0 Å². The third-order valence-corrected chi connectivity index (χ3v) is 5.92. The Morgan fingerprint density at radius 3 is 2.44 bits per heavy atom. The van der Waals surface area contributed by atoms with Crippen molar-refractivity contribution in [1.29, 1.82) is 0 Å². The van der Waals surface area contributed by atoms with E-state index in [1.54, 1.807) is 25.1 Å². The number of halogens is 2. The Balaban J connectivity index is 0.00000137. The molecular weight excluding hydrogens is 455 g/mol. The SMILES string of the molecule is CC.CC.CCCC1(C)CCC(=O)OC1c1cc(NC(=O)Nc2ccc(F)cc2C)ccc1Cl. The van der Waals surface area contributed by atoms with Gasteiger partial charge in [-0.15, -0.1) is 0 Å². The number of nitrogens with one attached hydrogen (secondary N) is 2. The molecule has 2 amide bonds. The van der Waals surface area contributed by atoms with Gasteiger partial charge in [-0.05, 0) is 61.7 Å². The maximum absolute atomic E-state index is 13.3. The fourth-order valence-corrected chi connectivity index (χ4v) is 4.21. The van der Waals surface area contributed by atoms with Gasteiger partial charge in [-0.1, -0.05) is 59.6 Å². The Morgan fingerprint density at radius 1 is 1.15 bits per heavy atom. The molecule has 1 saturated heterocycles. The summed E-state index contributed by atoms with van der Waals surface area (Å²) in [6, 6.07) is 8.80. The highest BCUT2D eigenvalue weighted by Gasteiger charge is 2.42. The van der Waals surface area contributed by atoms with Gasteiger partial charge < -0.3 is 15.4 Å². The number of urea groups is 1. The summed E-state index contributed by atoms with van der Waals surface area (Å²) in [7, 11) is 0. The largest absolute Gasteiger partial charge is 0.457 e. The van der Waals surface area contributed by atoms with E-state index in [1.807, 2.05) is 27.7 Å². The monoisotopic (exact) mass is 492 g/mol. The molecule has 5 nitrogen and oxygen atoms in total. The summed E-state index contributed by atoms with van der Waals surface area (Å²) in [4.78, 5) is 24.4. The lowest BCUT2D eigenvalue weighted by Gasteiger charge is -2.41. The van der Waals surface area contributed by atoms with Gasteiger partial charge in [-0.2, -0.15) is 0 Å². The van der Waals surface area contributed by atoms with Gasteiger partial charge in [0.05, 0.1) is 0 Å². The molecule has 3 rings (SSSR count). The summed E-state index contributed by atoms with van der Waals surface area (Å²) in [6.07, 6.45) is 2.49. The van der Waals surface area contributed by atoms with Crippen molar-refractivity contribution in [3.05, 3.63) is 58.4 Å². The van der Waals surface area contributed by atoms with Crippen LogP contribution in [0.3, 0.4) is 0 Å². The molecule has 2 N–H and O–H groups in total. The van der Waals surface area contributed by atoms with E-state index < -0.39 is 12.1 Å². The summed E-state index contributed by atoms with van der Waals surface area (Å²) in [6.45, 7) is 13.9. The standard InChI is InChI=1S/C23H26ClFN2O3.2C2H6/c1-4-10-23(3)11-9-20(28)30-21(23)17-13-16(6-7-18(17)24)26-22(29)27-19-8-5-15(25)12-14(19)2;2*1-2/h5-8,12-13,21H,4,9-11H2,1-3H3,(H2,26,27,29);2*1-2H3. The number of esters is 1. The summed E-state index contributed by atoms with van der Waals surface area (Å²) < 4.78 is 19.0. The third kappa shape index (κ3) is 7.73. The Hall–Kier alpha value is -2.60. The van der Waals surface area contributed by atoms with E-state index in [9.17, 15) is 14.0 Å². The van der Waals surface area contributed by atoms with E-state index in [4.69, 9.17) is 16.3 Å². The van der Waals surface area contributed by atoms with Crippen molar-refractivity contribution in [2.45, 2.75) is 80.3 Å². The molecule has 2 aromatic carbocycles. The molecule has 1 aliphatic rings. The van der Waals surface area contributed by atoms with Crippen LogP contribution in [0, 0.1) is 18.2 Å². The lowest BCUT2D eigenvalue weighted by Crippen LogP contribution is -2.35. The van der Waals surface area contributed by atoms with Gasteiger partial charge in [0.15, 0.2) is 0 Å². The number of carbonyl (C=O) groups is 2. The molecule has 0 bridgehead atoms. The van der Waals surface area contributed by atoms with Crippen LogP contribution in [0.2, 0.25) is 5.02 Å². The molecule has 1 fully saturated rings. The normalized spacial score (nSPS) is 19.0. The minimum atomic E-state index is -0.477. The van der Waals surface area contributed by atoms with Gasteiger partial charge in [0.25, 0.3) is 0 Å². The highest BCUT2D eigenvalue weighted by atomic mass is 35.5. The fraction of sp³-hybridized carbons (Fsp3) is 0.481. The minimum Gasteiger partial charge on any atom is -0.457 e. The number of amides is 2. The van der Waals surface area contributed by atoms with Crippen molar-refractivity contribution in [3.63, 3.8) is 0 Å². The van der Waals surface area contributed by atoms with Gasteiger partial charge in [-0.3, -0.25) is 4.79 Å². The van der Waals surface area contributed by atoms with Gasteiger partial charge in [0.1, 0.15) is 11.9 Å². The lowest BCUT2D eigenvalue weighted by atomic mass is 9.72. The number of hydrogen-bond donors (Lipinski definition) is 2. The van der Waals surface area contributed by atoms with E-state index in [-0.39, 0.29) is 17.2 Å². The smallest absolute Gasteiger partial charge is 0.323 e. The molecule has 0 saturated carbocycles. The predicted molar refractivity (Wildman–Crippen MR) is 139 cm³/mol. The molecule has 0 radical (unpaired) electrons. The predicted octanol–water partition coefficient (Wildman–Crippen LogP) is 8.67. The first-order chi connectivity index (χ1) is 16.2. The molecule has 1 heterocycles. The van der Waals surface area contributed by atoms with Crippen LogP contribution in [0.1, 0.15) is 84.5 Å². The summed E-state index contributed by atoms with van der Waals surface area (Å²) in [5, 5.41) is 5.96. The molecule has 188 valence electrons. The maximum atomic E-state index is 13.3. The van der Waals surface area contributed by atoms with Crippen molar-refractivity contribution in [1.82, 2.24) is 0 Å². The third-order valence-electron chi connectivity index (χ3n) is 5.58. The number of carbonyl (C=O) groups excluding carboxylic acids is 2. The van der Waals surface area contributed by atoms with Crippen LogP contribution in [-0.4, -0.2) is 12.0 Å². The minimum absolute atomic E-state index is 0.224. The Bertz CT molecular complexity index is 967. The van der Waals surface area contributed by atoms with E-state index in [1.165, 1.54) is 18.2 Å². The molecule has 7 heteroatoms. The van der Waals surface area contributed by atoms with Crippen LogP contribution < -0.4 is 10.6 Å². The van der Waals surface area contributed by atoms with E-state index >= 15 is 0 Å². The van der Waals surface area contributed by atoms with Gasteiger partial charge in [0.2, 0.25) is 0 Å². The zero-order valence-corrected chi connectivity index (χ0v) is 22.1. The van der Waals surface area contributed by atoms with Crippen LogP contribution in [0.5, 0.6) is 0 Å². The molecule has 0 aliphatic carbocycles. The molecule has 34 heavy (non-hydrogen) atoms. The number of benzene rings is 2. The molecule has 2 atom stereocenters. The number of cyclic esters (lactones) is 1. The van der Waals surface area contributed by atoms with Gasteiger partial charge >= 0.3 is 12.0 Å². The molecule has 0 spiro atoms. The highest BCUT2D eigenvalue weighted by Crippen LogP contribution is 2.49. The van der Waals surface area contributed by atoms with E-state index in [0.717, 1.165) is 19.3 Å². The van der Waals surface area contributed by atoms with Crippen LogP contribution in [-0.2, 0) is 9.53 Å². The second-order valence-corrected chi connectivity index (χ2v) is 8.46. The number of anilines is 2. The number of ether oxygens (including phenoxy) is 1. The first-order valence-corrected chi connectivity index (χ1v) is 12.4.